The summed E-state index contributed by atoms with van der Waals surface area (Å²) in [6.45, 7) is 8.98. The van der Waals surface area contributed by atoms with E-state index >= 15 is 0 Å². The second-order valence-electron chi connectivity index (χ2n) is 12.5. The van der Waals surface area contributed by atoms with Crippen molar-refractivity contribution < 1.29 is 33.4 Å². The third-order valence-electron chi connectivity index (χ3n) is 7.65. The minimum Gasteiger partial charge on any atom is -0.457 e. The number of benzene rings is 3. The molecular formula is C36H44N4O7. The van der Waals surface area contributed by atoms with E-state index < -0.39 is 29.6 Å². The minimum atomic E-state index is -0.858. The number of alkyl carbamates (subject to hydrolysis) is 1. The molecule has 1 aliphatic rings. The fourth-order valence-electron chi connectivity index (χ4n) is 5.16. The van der Waals surface area contributed by atoms with Gasteiger partial charge in [-0.15, -0.1) is 0 Å². The number of primary amides is 1. The van der Waals surface area contributed by atoms with Gasteiger partial charge in [-0.25, -0.2) is 4.79 Å². The molecule has 3 N–H and O–H groups in total. The van der Waals surface area contributed by atoms with Gasteiger partial charge < -0.3 is 35.1 Å². The molecule has 0 aliphatic carbocycles. The van der Waals surface area contributed by atoms with Gasteiger partial charge in [0.05, 0.1) is 19.1 Å². The first-order chi connectivity index (χ1) is 22.4. The number of nitrogens with one attached hydrogen (secondary N) is 1. The number of carbonyl (C=O) groups is 4. The number of nitrogens with zero attached hydrogens (tertiary/aromatic N) is 2. The molecule has 0 spiro atoms. The Hall–Kier alpha value is -4.90. The molecule has 2 atom stereocenters. The monoisotopic (exact) mass is 644 g/mol. The van der Waals surface area contributed by atoms with Crippen molar-refractivity contribution in [3.8, 4) is 11.5 Å². The first-order valence-corrected chi connectivity index (χ1v) is 15.7. The molecular weight excluding hydrogens is 600 g/mol. The highest BCUT2D eigenvalue weighted by molar-refractivity contribution is 5.86. The lowest BCUT2D eigenvalue weighted by molar-refractivity contribution is -0.139. The summed E-state index contributed by atoms with van der Waals surface area (Å²) in [4.78, 5) is 53.4. The van der Waals surface area contributed by atoms with Crippen molar-refractivity contribution in [3.63, 3.8) is 0 Å². The van der Waals surface area contributed by atoms with E-state index in [2.05, 4.69) is 5.32 Å². The van der Waals surface area contributed by atoms with Crippen LogP contribution in [0, 0.1) is 0 Å². The molecule has 1 saturated heterocycles. The average molecular weight is 645 g/mol. The zero-order valence-electron chi connectivity index (χ0n) is 27.4. The van der Waals surface area contributed by atoms with Gasteiger partial charge >= 0.3 is 6.09 Å². The largest absolute Gasteiger partial charge is 0.457 e. The van der Waals surface area contributed by atoms with Crippen molar-refractivity contribution in [2.24, 2.45) is 5.73 Å². The first-order valence-electron chi connectivity index (χ1n) is 15.7. The Morgan fingerprint density at radius 1 is 0.809 bits per heavy atom. The third-order valence-corrected chi connectivity index (χ3v) is 7.65. The molecule has 3 aromatic carbocycles. The number of nitrogens with two attached hydrogens (primary N) is 1. The van der Waals surface area contributed by atoms with Crippen LogP contribution in [0.2, 0.25) is 0 Å². The smallest absolute Gasteiger partial charge is 0.408 e. The highest BCUT2D eigenvalue weighted by Crippen LogP contribution is 2.25. The van der Waals surface area contributed by atoms with Crippen LogP contribution in [0.4, 0.5) is 4.79 Å². The van der Waals surface area contributed by atoms with E-state index in [1.165, 1.54) is 6.92 Å². The number of carbonyl (C=O) groups excluding carboxylic acids is 4. The number of hydrogen-bond acceptors (Lipinski definition) is 7. The molecule has 11 heteroatoms. The molecule has 11 nitrogen and oxygen atoms in total. The Kier molecular flexibility index (Phi) is 12.0. The Morgan fingerprint density at radius 2 is 1.38 bits per heavy atom. The molecule has 4 amide bonds. The number of rotatable bonds is 12. The molecule has 3 aromatic rings. The number of piperazine rings is 1. The summed E-state index contributed by atoms with van der Waals surface area (Å²) in [5.41, 5.74) is 7.49. The van der Waals surface area contributed by atoms with Gasteiger partial charge in [0, 0.05) is 39.5 Å². The van der Waals surface area contributed by atoms with Crippen LogP contribution in [0.3, 0.4) is 0 Å². The number of amides is 4. The van der Waals surface area contributed by atoms with Crippen LogP contribution in [0.5, 0.6) is 11.5 Å². The lowest BCUT2D eigenvalue weighted by atomic mass is 9.99. The molecule has 250 valence electrons. The highest BCUT2D eigenvalue weighted by atomic mass is 16.6. The van der Waals surface area contributed by atoms with E-state index in [1.54, 1.807) is 67.0 Å². The van der Waals surface area contributed by atoms with Crippen LogP contribution in [-0.4, -0.2) is 78.0 Å². The fraction of sp³-hybridized carbons (Fsp3) is 0.389. The highest BCUT2D eigenvalue weighted by Gasteiger charge is 2.31. The summed E-state index contributed by atoms with van der Waals surface area (Å²) in [5, 5.41) is 2.74. The van der Waals surface area contributed by atoms with Crippen LogP contribution in [0.15, 0.2) is 78.9 Å². The number of ether oxygens (including phenoxy) is 3. The molecule has 47 heavy (non-hydrogen) atoms. The van der Waals surface area contributed by atoms with Crippen LogP contribution in [-0.2, 0) is 36.9 Å². The maximum absolute atomic E-state index is 13.5. The average Bonchev–Trinajstić information content (AvgIpc) is 3.03. The van der Waals surface area contributed by atoms with E-state index in [0.717, 1.165) is 16.7 Å². The second-order valence-corrected chi connectivity index (χ2v) is 12.5. The van der Waals surface area contributed by atoms with Crippen molar-refractivity contribution in [1.82, 2.24) is 15.1 Å². The topological polar surface area (TPSA) is 140 Å². The molecule has 2 unspecified atom stereocenters. The minimum absolute atomic E-state index is 0.0298. The Bertz CT molecular complexity index is 1500. The van der Waals surface area contributed by atoms with E-state index in [-0.39, 0.29) is 24.8 Å². The second kappa shape index (κ2) is 16.1. The van der Waals surface area contributed by atoms with Crippen molar-refractivity contribution in [3.05, 3.63) is 95.6 Å². The molecule has 1 heterocycles. The Labute approximate surface area is 276 Å². The molecule has 0 radical (unpaired) electrons. The summed E-state index contributed by atoms with van der Waals surface area (Å²) in [6, 6.07) is 23.2. The first kappa shape index (κ1) is 35.0. The maximum Gasteiger partial charge on any atom is 0.408 e. The van der Waals surface area contributed by atoms with Crippen molar-refractivity contribution in [2.75, 3.05) is 32.8 Å². The van der Waals surface area contributed by atoms with Gasteiger partial charge in [0.25, 0.3) is 0 Å². The van der Waals surface area contributed by atoms with Gasteiger partial charge in [-0.3, -0.25) is 14.4 Å². The van der Waals surface area contributed by atoms with Crippen LogP contribution in [0.1, 0.15) is 50.3 Å². The molecule has 0 aromatic heterocycles. The molecule has 1 fully saturated rings. The lowest BCUT2D eigenvalue weighted by Crippen LogP contribution is -2.56. The summed E-state index contributed by atoms with van der Waals surface area (Å²) >= 11 is 0. The Balaban J connectivity index is 1.37. The number of hydrogen-bond donors (Lipinski definition) is 2. The van der Waals surface area contributed by atoms with E-state index in [9.17, 15) is 19.2 Å². The van der Waals surface area contributed by atoms with Gasteiger partial charge in [-0.1, -0.05) is 54.6 Å². The van der Waals surface area contributed by atoms with Crippen LogP contribution < -0.4 is 15.8 Å². The van der Waals surface area contributed by atoms with Crippen LogP contribution in [0.25, 0.3) is 0 Å². The Morgan fingerprint density at radius 3 is 1.94 bits per heavy atom. The lowest BCUT2D eigenvalue weighted by Gasteiger charge is -2.36. The van der Waals surface area contributed by atoms with E-state index in [1.807, 2.05) is 42.5 Å². The summed E-state index contributed by atoms with van der Waals surface area (Å²) in [5.74, 6) is -0.202. The summed E-state index contributed by atoms with van der Waals surface area (Å²) in [7, 11) is 0. The maximum atomic E-state index is 13.5. The predicted octanol–water partition coefficient (Wildman–Crippen LogP) is 4.39. The van der Waals surface area contributed by atoms with Crippen molar-refractivity contribution >= 4 is 23.8 Å². The van der Waals surface area contributed by atoms with Gasteiger partial charge in [-0.05, 0) is 61.7 Å². The van der Waals surface area contributed by atoms with Crippen molar-refractivity contribution in [1.29, 1.82) is 0 Å². The normalized spacial score (nSPS) is 14.6. The van der Waals surface area contributed by atoms with Crippen molar-refractivity contribution in [2.45, 2.75) is 58.3 Å². The van der Waals surface area contributed by atoms with Gasteiger partial charge in [-0.2, -0.15) is 0 Å². The van der Waals surface area contributed by atoms with Gasteiger partial charge in [0.2, 0.25) is 17.7 Å². The molecule has 0 bridgehead atoms. The van der Waals surface area contributed by atoms with E-state index in [4.69, 9.17) is 19.9 Å². The standard InChI is InChI=1S/C36H44N4O7/c1-25(41)39-18-20-40(21-19-39)34(43)32(38-35(44)47-36(2,3)4)22-26-10-14-29(15-11-26)46-30-16-12-28(13-17-30)31(33(37)42)24-45-23-27-8-6-5-7-9-27/h5-17,31-32H,18-24H2,1-4H3,(H2,37,42)(H,38,44). The predicted molar refractivity (Wildman–Crippen MR) is 177 cm³/mol. The summed E-state index contributed by atoms with van der Waals surface area (Å²) < 4.78 is 17.2. The van der Waals surface area contributed by atoms with E-state index in [0.29, 0.717) is 44.3 Å². The molecule has 1 aliphatic heterocycles. The zero-order chi connectivity index (χ0) is 34.0. The SMILES string of the molecule is CC(=O)N1CCN(C(=O)C(Cc2ccc(Oc3ccc(C(COCc4ccccc4)C(N)=O)cc3)cc2)NC(=O)OC(C)(C)C)CC1. The van der Waals surface area contributed by atoms with Gasteiger partial charge in [0.15, 0.2) is 0 Å². The fourth-order valence-corrected chi connectivity index (χ4v) is 5.16. The third kappa shape index (κ3) is 10.8. The molecule has 4 rings (SSSR count). The van der Waals surface area contributed by atoms with Gasteiger partial charge in [0.1, 0.15) is 23.1 Å². The quantitative estimate of drug-likeness (QED) is 0.298. The molecule has 0 saturated carbocycles. The van der Waals surface area contributed by atoms with Crippen LogP contribution >= 0.6 is 0 Å². The summed E-state index contributed by atoms with van der Waals surface area (Å²) in [6.07, 6.45) is -0.441. The zero-order valence-corrected chi connectivity index (χ0v) is 27.4.